The summed E-state index contributed by atoms with van der Waals surface area (Å²) in [5, 5.41) is 0. The molecule has 0 N–H and O–H groups in total. The zero-order chi connectivity index (χ0) is 8.74. The van der Waals surface area contributed by atoms with Gasteiger partial charge < -0.3 is 0 Å². The van der Waals surface area contributed by atoms with E-state index in [-0.39, 0.29) is 12.1 Å². The maximum atomic E-state index is 12.1. The first-order chi connectivity index (χ1) is 5.18. The summed E-state index contributed by atoms with van der Waals surface area (Å²) in [5.74, 6) is 0. The molecule has 0 aliphatic heterocycles. The SMILES string of the molecule is CCCC[C@](C)(CC)CCF. The predicted octanol–water partition coefficient (Wildman–Crippen LogP) is 3.95. The van der Waals surface area contributed by atoms with Crippen molar-refractivity contribution in [3.8, 4) is 0 Å². The summed E-state index contributed by atoms with van der Waals surface area (Å²) in [7, 11) is 0. The molecule has 0 aliphatic rings. The Balaban J connectivity index is 3.68. The van der Waals surface area contributed by atoms with Crippen LogP contribution >= 0.6 is 0 Å². The van der Waals surface area contributed by atoms with Crippen LogP contribution in [0, 0.1) is 5.41 Å². The fourth-order valence-corrected chi connectivity index (χ4v) is 1.31. The second-order valence-corrected chi connectivity index (χ2v) is 3.71. The van der Waals surface area contributed by atoms with Gasteiger partial charge in [0.2, 0.25) is 0 Å². The third-order valence-corrected chi connectivity index (χ3v) is 2.69. The van der Waals surface area contributed by atoms with Gasteiger partial charge in [0.15, 0.2) is 0 Å². The van der Waals surface area contributed by atoms with Gasteiger partial charge in [0.1, 0.15) is 0 Å². The van der Waals surface area contributed by atoms with Crippen molar-refractivity contribution >= 4 is 0 Å². The fraction of sp³-hybridized carbons (Fsp3) is 1.00. The van der Waals surface area contributed by atoms with Crippen LogP contribution in [-0.2, 0) is 0 Å². The van der Waals surface area contributed by atoms with Gasteiger partial charge in [0.25, 0.3) is 0 Å². The first kappa shape index (κ1) is 10.9. The van der Waals surface area contributed by atoms with Gasteiger partial charge in [-0.05, 0) is 18.3 Å². The quantitative estimate of drug-likeness (QED) is 0.552. The summed E-state index contributed by atoms with van der Waals surface area (Å²) in [6, 6.07) is 0. The molecule has 0 aromatic heterocycles. The zero-order valence-electron chi connectivity index (χ0n) is 8.12. The van der Waals surface area contributed by atoms with Crippen LogP contribution < -0.4 is 0 Å². The van der Waals surface area contributed by atoms with Crippen LogP contribution in [0.15, 0.2) is 0 Å². The summed E-state index contributed by atoms with van der Waals surface area (Å²) in [4.78, 5) is 0. The molecule has 11 heavy (non-hydrogen) atoms. The van der Waals surface area contributed by atoms with E-state index in [1.807, 2.05) is 0 Å². The lowest BCUT2D eigenvalue weighted by Crippen LogP contribution is -2.15. The largest absolute Gasteiger partial charge is 0.251 e. The molecule has 1 heteroatoms. The van der Waals surface area contributed by atoms with Gasteiger partial charge in [0, 0.05) is 0 Å². The second-order valence-electron chi connectivity index (χ2n) is 3.71. The standard InChI is InChI=1S/C10H21F/c1-4-6-7-10(3,5-2)8-9-11/h4-9H2,1-3H3/t10-/m0/s1. The third kappa shape index (κ3) is 4.39. The van der Waals surface area contributed by atoms with Crippen molar-refractivity contribution < 1.29 is 4.39 Å². The van der Waals surface area contributed by atoms with Crippen LogP contribution in [0.5, 0.6) is 0 Å². The lowest BCUT2D eigenvalue weighted by atomic mass is 9.80. The Morgan fingerprint density at radius 1 is 1.18 bits per heavy atom. The molecule has 1 atom stereocenters. The number of rotatable bonds is 6. The molecule has 0 saturated carbocycles. The average molecular weight is 160 g/mol. The van der Waals surface area contributed by atoms with E-state index < -0.39 is 0 Å². The molecule has 0 aliphatic carbocycles. The molecular weight excluding hydrogens is 139 g/mol. The zero-order valence-corrected chi connectivity index (χ0v) is 8.12. The molecule has 0 aromatic carbocycles. The highest BCUT2D eigenvalue weighted by atomic mass is 19.1. The minimum absolute atomic E-state index is 0.159. The molecule has 0 rings (SSSR count). The maximum absolute atomic E-state index is 12.1. The molecule has 0 bridgehead atoms. The highest BCUT2D eigenvalue weighted by Crippen LogP contribution is 2.31. The van der Waals surface area contributed by atoms with Crippen molar-refractivity contribution in [1.82, 2.24) is 0 Å². The molecular formula is C10H21F. The van der Waals surface area contributed by atoms with Crippen LogP contribution in [-0.4, -0.2) is 6.67 Å². The summed E-state index contributed by atoms with van der Waals surface area (Å²) >= 11 is 0. The molecule has 0 unspecified atom stereocenters. The highest BCUT2D eigenvalue weighted by molar-refractivity contribution is 4.71. The van der Waals surface area contributed by atoms with Crippen molar-refractivity contribution in [2.75, 3.05) is 6.67 Å². The molecule has 0 heterocycles. The molecule has 0 saturated heterocycles. The van der Waals surface area contributed by atoms with E-state index in [2.05, 4.69) is 20.8 Å². The minimum atomic E-state index is -0.159. The first-order valence-electron chi connectivity index (χ1n) is 4.74. The molecule has 0 nitrogen and oxygen atoms in total. The molecule has 0 fully saturated rings. The average Bonchev–Trinajstić information content (AvgIpc) is 2.02. The lowest BCUT2D eigenvalue weighted by Gasteiger charge is -2.26. The Morgan fingerprint density at radius 2 is 1.82 bits per heavy atom. The smallest absolute Gasteiger partial charge is 0.0899 e. The Morgan fingerprint density at radius 3 is 2.18 bits per heavy atom. The molecule has 68 valence electrons. The van der Waals surface area contributed by atoms with Crippen molar-refractivity contribution in [2.45, 2.75) is 52.9 Å². The van der Waals surface area contributed by atoms with E-state index >= 15 is 0 Å². The van der Waals surface area contributed by atoms with Crippen molar-refractivity contribution in [3.05, 3.63) is 0 Å². The number of alkyl halides is 1. The van der Waals surface area contributed by atoms with E-state index in [0.29, 0.717) is 0 Å². The Kier molecular flexibility index (Phi) is 5.53. The third-order valence-electron chi connectivity index (χ3n) is 2.69. The molecule has 0 aromatic rings. The first-order valence-corrected chi connectivity index (χ1v) is 4.74. The van der Waals surface area contributed by atoms with Gasteiger partial charge in [-0.15, -0.1) is 0 Å². The normalized spacial score (nSPS) is 16.4. The fourth-order valence-electron chi connectivity index (χ4n) is 1.31. The van der Waals surface area contributed by atoms with Gasteiger partial charge in [0.05, 0.1) is 6.67 Å². The van der Waals surface area contributed by atoms with Crippen molar-refractivity contribution in [3.63, 3.8) is 0 Å². The van der Waals surface area contributed by atoms with Crippen LogP contribution in [0.2, 0.25) is 0 Å². The number of hydrogen-bond acceptors (Lipinski definition) is 0. The van der Waals surface area contributed by atoms with E-state index in [9.17, 15) is 4.39 Å². The van der Waals surface area contributed by atoms with Crippen molar-refractivity contribution in [2.24, 2.45) is 5.41 Å². The molecule has 0 amide bonds. The summed E-state index contributed by atoms with van der Waals surface area (Å²) in [6.45, 7) is 6.38. The maximum Gasteiger partial charge on any atom is 0.0899 e. The minimum Gasteiger partial charge on any atom is -0.251 e. The summed E-state index contributed by atoms with van der Waals surface area (Å²) in [6.07, 6.45) is 5.50. The Bertz CT molecular complexity index is 90.9. The van der Waals surface area contributed by atoms with E-state index in [1.165, 1.54) is 19.3 Å². The molecule has 0 spiro atoms. The number of unbranched alkanes of at least 4 members (excludes halogenated alkanes) is 1. The van der Waals surface area contributed by atoms with Crippen LogP contribution in [0.25, 0.3) is 0 Å². The predicted molar refractivity (Wildman–Crippen MR) is 48.5 cm³/mol. The van der Waals surface area contributed by atoms with Crippen molar-refractivity contribution in [1.29, 1.82) is 0 Å². The highest BCUT2D eigenvalue weighted by Gasteiger charge is 2.20. The number of hydrogen-bond donors (Lipinski definition) is 0. The van der Waals surface area contributed by atoms with Gasteiger partial charge in [-0.3, -0.25) is 4.39 Å². The monoisotopic (exact) mass is 160 g/mol. The van der Waals surface area contributed by atoms with E-state index in [4.69, 9.17) is 0 Å². The van der Waals surface area contributed by atoms with Crippen LogP contribution in [0.3, 0.4) is 0 Å². The van der Waals surface area contributed by atoms with Crippen LogP contribution in [0.4, 0.5) is 4.39 Å². The van der Waals surface area contributed by atoms with Gasteiger partial charge in [-0.1, -0.05) is 40.0 Å². The molecule has 0 radical (unpaired) electrons. The summed E-state index contributed by atoms with van der Waals surface area (Å²) in [5.41, 5.74) is 0.269. The van der Waals surface area contributed by atoms with E-state index in [0.717, 1.165) is 12.8 Å². The Labute approximate surface area is 70.2 Å². The van der Waals surface area contributed by atoms with Crippen LogP contribution in [0.1, 0.15) is 52.9 Å². The lowest BCUT2D eigenvalue weighted by molar-refractivity contribution is 0.225. The van der Waals surface area contributed by atoms with Gasteiger partial charge >= 0.3 is 0 Å². The van der Waals surface area contributed by atoms with Gasteiger partial charge in [-0.25, -0.2) is 0 Å². The summed E-state index contributed by atoms with van der Waals surface area (Å²) < 4.78 is 12.1. The topological polar surface area (TPSA) is 0 Å². The Hall–Kier alpha value is -0.0700. The number of halogens is 1. The van der Waals surface area contributed by atoms with Gasteiger partial charge in [-0.2, -0.15) is 0 Å². The van der Waals surface area contributed by atoms with E-state index in [1.54, 1.807) is 0 Å². The second kappa shape index (κ2) is 5.56.